The molecule has 4 rings (SSSR count). The lowest BCUT2D eigenvalue weighted by Crippen LogP contribution is -2.46. The van der Waals surface area contributed by atoms with E-state index in [1.807, 2.05) is 19.2 Å². The van der Waals surface area contributed by atoms with Crippen LogP contribution in [0.15, 0.2) is 47.1 Å². The van der Waals surface area contributed by atoms with Gasteiger partial charge in [0.2, 0.25) is 0 Å². The molecule has 35 heavy (non-hydrogen) atoms. The van der Waals surface area contributed by atoms with Crippen molar-refractivity contribution in [1.82, 2.24) is 0 Å². The summed E-state index contributed by atoms with van der Waals surface area (Å²) in [4.78, 5) is 18.3. The summed E-state index contributed by atoms with van der Waals surface area (Å²) in [6.45, 7) is 12.4. The molecule has 2 N–H and O–H groups in total. The SMILES string of the molecule is C=C1CC[C@@H]2C[C@H](C(Cc3ccc(F)c(OC(C)C(C)C)c3)C(=O)C3=CC(CC)C=N3)C[C@]2(N)C1. The van der Waals surface area contributed by atoms with Gasteiger partial charge < -0.3 is 10.5 Å². The number of benzene rings is 1. The molecular weight excluding hydrogens is 439 g/mol. The summed E-state index contributed by atoms with van der Waals surface area (Å²) in [5.41, 5.74) is 9.34. The summed E-state index contributed by atoms with van der Waals surface area (Å²) < 4.78 is 20.5. The topological polar surface area (TPSA) is 64.7 Å². The Balaban J connectivity index is 1.61. The van der Waals surface area contributed by atoms with Crippen molar-refractivity contribution in [2.75, 3.05) is 0 Å². The number of nitrogens with zero attached hydrogens (tertiary/aromatic N) is 1. The average Bonchev–Trinajstić information content (AvgIpc) is 3.42. The molecule has 0 saturated heterocycles. The van der Waals surface area contributed by atoms with Gasteiger partial charge in [-0.2, -0.15) is 0 Å². The summed E-state index contributed by atoms with van der Waals surface area (Å²) in [7, 11) is 0. The number of halogens is 1. The summed E-state index contributed by atoms with van der Waals surface area (Å²) in [6.07, 6.45) is 9.91. The summed E-state index contributed by atoms with van der Waals surface area (Å²) in [6, 6.07) is 5.02. The lowest BCUT2D eigenvalue weighted by atomic mass is 9.74. The van der Waals surface area contributed by atoms with Crippen LogP contribution in [-0.4, -0.2) is 23.6 Å². The van der Waals surface area contributed by atoms with Crippen molar-refractivity contribution in [3.05, 3.63) is 53.5 Å². The van der Waals surface area contributed by atoms with Gasteiger partial charge in [0.05, 0.1) is 6.10 Å². The minimum absolute atomic E-state index is 0.0885. The fourth-order valence-corrected chi connectivity index (χ4v) is 6.05. The molecule has 1 aromatic carbocycles. The molecule has 1 aromatic rings. The molecule has 1 heterocycles. The van der Waals surface area contributed by atoms with Crippen LogP contribution in [0.4, 0.5) is 4.39 Å². The first kappa shape index (κ1) is 25.8. The van der Waals surface area contributed by atoms with Crippen molar-refractivity contribution >= 4 is 12.0 Å². The van der Waals surface area contributed by atoms with E-state index in [2.05, 4.69) is 32.3 Å². The molecule has 2 saturated carbocycles. The first-order chi connectivity index (χ1) is 16.6. The van der Waals surface area contributed by atoms with E-state index in [4.69, 9.17) is 10.5 Å². The number of ether oxygens (including phenoxy) is 1. The number of nitrogens with two attached hydrogens (primary N) is 1. The van der Waals surface area contributed by atoms with E-state index >= 15 is 0 Å². The highest BCUT2D eigenvalue weighted by atomic mass is 19.1. The van der Waals surface area contributed by atoms with Crippen molar-refractivity contribution in [1.29, 1.82) is 0 Å². The summed E-state index contributed by atoms with van der Waals surface area (Å²) in [5.74, 6) is 0.799. The highest BCUT2D eigenvalue weighted by Gasteiger charge is 2.49. The number of hydrogen-bond donors (Lipinski definition) is 1. The zero-order valence-corrected chi connectivity index (χ0v) is 21.7. The summed E-state index contributed by atoms with van der Waals surface area (Å²) in [5, 5.41) is 0. The van der Waals surface area contributed by atoms with Gasteiger partial charge in [-0.15, -0.1) is 0 Å². The minimum atomic E-state index is -0.371. The van der Waals surface area contributed by atoms with Crippen molar-refractivity contribution in [2.24, 2.45) is 40.3 Å². The number of rotatable bonds is 9. The van der Waals surface area contributed by atoms with Crippen LogP contribution >= 0.6 is 0 Å². The molecule has 3 aliphatic rings. The zero-order valence-electron chi connectivity index (χ0n) is 21.7. The van der Waals surface area contributed by atoms with E-state index in [9.17, 15) is 9.18 Å². The molecule has 2 aliphatic carbocycles. The molecule has 0 amide bonds. The fourth-order valence-electron chi connectivity index (χ4n) is 6.05. The Morgan fingerprint density at radius 1 is 1.34 bits per heavy atom. The largest absolute Gasteiger partial charge is 0.487 e. The number of Topliss-reactive ketones (excluding diaryl/α,β-unsaturated/α-hetero) is 1. The Morgan fingerprint density at radius 3 is 2.80 bits per heavy atom. The van der Waals surface area contributed by atoms with E-state index < -0.39 is 0 Å². The van der Waals surface area contributed by atoms with Gasteiger partial charge >= 0.3 is 0 Å². The highest BCUT2D eigenvalue weighted by molar-refractivity contribution is 6.00. The van der Waals surface area contributed by atoms with Gasteiger partial charge in [0.1, 0.15) is 5.70 Å². The zero-order chi connectivity index (χ0) is 25.3. The van der Waals surface area contributed by atoms with Gasteiger partial charge in [-0.3, -0.25) is 9.79 Å². The van der Waals surface area contributed by atoms with Gasteiger partial charge in [-0.25, -0.2) is 4.39 Å². The minimum Gasteiger partial charge on any atom is -0.487 e. The molecule has 190 valence electrons. The fraction of sp³-hybridized carbons (Fsp3) is 0.600. The van der Waals surface area contributed by atoms with Gasteiger partial charge in [0, 0.05) is 23.6 Å². The predicted molar refractivity (Wildman–Crippen MR) is 140 cm³/mol. The van der Waals surface area contributed by atoms with E-state index in [0.717, 1.165) is 44.1 Å². The maximum absolute atomic E-state index is 14.6. The quantitative estimate of drug-likeness (QED) is 0.414. The molecule has 4 nitrogen and oxygen atoms in total. The number of allylic oxidation sites excluding steroid dienone is 2. The van der Waals surface area contributed by atoms with Gasteiger partial charge in [-0.05, 0) is 93.4 Å². The van der Waals surface area contributed by atoms with Crippen LogP contribution in [0, 0.1) is 35.4 Å². The first-order valence-electron chi connectivity index (χ1n) is 13.3. The lowest BCUT2D eigenvalue weighted by molar-refractivity contribution is -0.120. The maximum Gasteiger partial charge on any atom is 0.184 e. The highest BCUT2D eigenvalue weighted by Crippen LogP contribution is 2.51. The lowest BCUT2D eigenvalue weighted by Gasteiger charge is -2.37. The van der Waals surface area contributed by atoms with Crippen LogP contribution in [0.25, 0.3) is 0 Å². The molecular formula is C30H41FN2O2. The van der Waals surface area contributed by atoms with E-state index in [-0.39, 0.29) is 52.7 Å². The first-order valence-corrected chi connectivity index (χ1v) is 13.3. The molecule has 0 aromatic heterocycles. The van der Waals surface area contributed by atoms with Crippen LogP contribution in [0.3, 0.4) is 0 Å². The van der Waals surface area contributed by atoms with Gasteiger partial charge in [-0.1, -0.05) is 39.0 Å². The van der Waals surface area contributed by atoms with E-state index in [1.165, 1.54) is 11.6 Å². The third-order valence-electron chi connectivity index (χ3n) is 8.58. The second kappa shape index (κ2) is 10.4. The third kappa shape index (κ3) is 5.61. The smallest absolute Gasteiger partial charge is 0.184 e. The monoisotopic (exact) mass is 480 g/mol. The van der Waals surface area contributed by atoms with Crippen LogP contribution in [0.1, 0.15) is 71.8 Å². The third-order valence-corrected chi connectivity index (χ3v) is 8.58. The Bertz CT molecular complexity index is 1030. The normalized spacial score (nSPS) is 29.7. The molecule has 1 aliphatic heterocycles. The van der Waals surface area contributed by atoms with Crippen LogP contribution in [0.5, 0.6) is 5.75 Å². The number of fused-ring (bicyclic) bond motifs is 1. The number of carbonyl (C=O) groups excluding carboxylic acids is 1. The summed E-state index contributed by atoms with van der Waals surface area (Å²) >= 11 is 0. The van der Waals surface area contributed by atoms with Crippen LogP contribution in [0.2, 0.25) is 0 Å². The standard InChI is InChI=1S/C30H41FN2O2/c1-6-21-12-27(33-17-21)29(34)25(23-14-24-9-7-19(4)15-30(24,32)16-23)11-22-8-10-26(31)28(13-22)35-20(5)18(2)3/h8,10,12-13,17-18,20-21,23-25H,4,6-7,9,11,14-16,32H2,1-3,5H3/t20?,21?,23-,24+,25?,30+/m0/s1. The van der Waals surface area contributed by atoms with Crippen LogP contribution in [-0.2, 0) is 11.2 Å². The van der Waals surface area contributed by atoms with Gasteiger partial charge in [0.25, 0.3) is 0 Å². The van der Waals surface area contributed by atoms with Crippen molar-refractivity contribution < 1.29 is 13.9 Å². The molecule has 3 unspecified atom stereocenters. The molecule has 0 spiro atoms. The molecule has 0 bridgehead atoms. The second-order valence-electron chi connectivity index (χ2n) is 11.5. The number of hydrogen-bond acceptors (Lipinski definition) is 4. The Kier molecular flexibility index (Phi) is 7.65. The number of carbonyl (C=O) groups is 1. The molecule has 0 radical (unpaired) electrons. The van der Waals surface area contributed by atoms with E-state index in [1.54, 1.807) is 12.1 Å². The number of aliphatic imine (C=N–C) groups is 1. The maximum atomic E-state index is 14.6. The van der Waals surface area contributed by atoms with E-state index in [0.29, 0.717) is 18.0 Å². The molecule has 6 atom stereocenters. The van der Waals surface area contributed by atoms with Crippen molar-refractivity contribution in [3.63, 3.8) is 0 Å². The van der Waals surface area contributed by atoms with Crippen molar-refractivity contribution in [2.45, 2.75) is 84.3 Å². The Hall–Kier alpha value is -2.27. The van der Waals surface area contributed by atoms with Crippen molar-refractivity contribution in [3.8, 4) is 5.75 Å². The molecule has 2 fully saturated rings. The predicted octanol–water partition coefficient (Wildman–Crippen LogP) is 6.44. The average molecular weight is 481 g/mol. The second-order valence-corrected chi connectivity index (χ2v) is 11.5. The Labute approximate surface area is 209 Å². The van der Waals surface area contributed by atoms with Gasteiger partial charge in [0.15, 0.2) is 17.3 Å². The molecule has 5 heteroatoms. The van der Waals surface area contributed by atoms with Crippen LogP contribution < -0.4 is 10.5 Å². The Morgan fingerprint density at radius 2 is 2.11 bits per heavy atom. The number of ketones is 1.